The third-order valence-corrected chi connectivity index (χ3v) is 2.35. The second kappa shape index (κ2) is 9.26. The van der Waals surface area contributed by atoms with Crippen molar-refractivity contribution in [3.63, 3.8) is 0 Å². The summed E-state index contributed by atoms with van der Waals surface area (Å²) in [4.78, 5) is 34.0. The van der Waals surface area contributed by atoms with E-state index in [9.17, 15) is 14.4 Å². The van der Waals surface area contributed by atoms with Crippen LogP contribution in [0.15, 0.2) is 0 Å². The smallest absolute Gasteiger partial charge is 0.317 e. The highest BCUT2D eigenvalue weighted by Crippen LogP contribution is 1.98. The number of nitrogens with zero attached hydrogens (tertiary/aromatic N) is 1. The molecule has 0 aliphatic carbocycles. The topological polar surface area (TPSA) is 98.7 Å². The number of hydrogen-bond donors (Lipinski definition) is 3. The molecule has 18 heavy (non-hydrogen) atoms. The second-order valence-electron chi connectivity index (χ2n) is 3.97. The molecule has 0 fully saturated rings. The number of carboxylic acid groups (broad SMARTS) is 1. The third-order valence-electron chi connectivity index (χ3n) is 2.35. The van der Waals surface area contributed by atoms with Gasteiger partial charge in [-0.1, -0.05) is 6.42 Å². The van der Waals surface area contributed by atoms with E-state index in [4.69, 9.17) is 5.11 Å². The zero-order valence-electron chi connectivity index (χ0n) is 10.9. The first kappa shape index (κ1) is 16.2. The number of carboxylic acids is 1. The molecule has 0 saturated carbocycles. The van der Waals surface area contributed by atoms with Crippen molar-refractivity contribution >= 4 is 17.9 Å². The summed E-state index contributed by atoms with van der Waals surface area (Å²) in [6, 6.07) is -0.308. The molecule has 0 heterocycles. The number of carbonyl (C=O) groups excluding carboxylic acids is 2. The minimum atomic E-state index is -0.802. The lowest BCUT2D eigenvalue weighted by atomic mass is 10.2. The van der Waals surface area contributed by atoms with Crippen LogP contribution in [-0.4, -0.2) is 55.1 Å². The molecule has 0 unspecified atom stereocenters. The Morgan fingerprint density at radius 3 is 2.39 bits per heavy atom. The Hall–Kier alpha value is -1.79. The van der Waals surface area contributed by atoms with Crippen LogP contribution in [0.3, 0.4) is 0 Å². The van der Waals surface area contributed by atoms with Gasteiger partial charge in [-0.15, -0.1) is 0 Å². The maximum absolute atomic E-state index is 11.5. The number of aliphatic carboxylic acids is 1. The van der Waals surface area contributed by atoms with Crippen molar-refractivity contribution in [2.24, 2.45) is 0 Å². The first-order valence-electron chi connectivity index (χ1n) is 5.88. The molecule has 0 bridgehead atoms. The summed E-state index contributed by atoms with van der Waals surface area (Å²) < 4.78 is 0. The molecule has 0 aliphatic rings. The molecule has 0 aromatic rings. The fourth-order valence-electron chi connectivity index (χ4n) is 1.27. The Kier molecular flexibility index (Phi) is 8.34. The summed E-state index contributed by atoms with van der Waals surface area (Å²) >= 11 is 0. The fourth-order valence-corrected chi connectivity index (χ4v) is 1.27. The van der Waals surface area contributed by atoms with Crippen molar-refractivity contribution in [1.29, 1.82) is 0 Å². The predicted octanol–water partition coefficient (Wildman–Crippen LogP) is 0.0188. The fraction of sp³-hybridized carbons (Fsp3) is 0.727. The van der Waals surface area contributed by atoms with Crippen LogP contribution in [0.4, 0.5) is 4.79 Å². The molecule has 0 atom stereocenters. The molecule has 7 heteroatoms. The quantitative estimate of drug-likeness (QED) is 0.535. The van der Waals surface area contributed by atoms with E-state index in [1.807, 2.05) is 0 Å². The highest BCUT2D eigenvalue weighted by molar-refractivity contribution is 5.83. The molecule has 7 nitrogen and oxygen atoms in total. The van der Waals surface area contributed by atoms with Gasteiger partial charge in [0.1, 0.15) is 6.54 Å². The summed E-state index contributed by atoms with van der Waals surface area (Å²) in [6.45, 7) is 0.498. The largest absolute Gasteiger partial charge is 0.481 e. The standard InChI is InChI=1S/C11H21N3O4/c1-12-9(15)8-14(2)11(18)13-7-5-3-4-6-10(16)17/h3-8H2,1-2H3,(H,12,15)(H,13,18)(H,16,17). The van der Waals surface area contributed by atoms with Crippen molar-refractivity contribution in [3.05, 3.63) is 0 Å². The van der Waals surface area contributed by atoms with Crippen molar-refractivity contribution in [1.82, 2.24) is 15.5 Å². The number of nitrogens with one attached hydrogen (secondary N) is 2. The number of likely N-dealkylation sites (N-methyl/N-ethyl adjacent to an activating group) is 2. The molecule has 0 aromatic heterocycles. The number of hydrogen-bond acceptors (Lipinski definition) is 3. The van der Waals surface area contributed by atoms with Crippen LogP contribution in [0, 0.1) is 0 Å². The Bertz CT molecular complexity index is 294. The van der Waals surface area contributed by atoms with E-state index in [1.54, 1.807) is 0 Å². The van der Waals surface area contributed by atoms with E-state index in [0.717, 1.165) is 12.8 Å². The number of rotatable bonds is 8. The summed E-state index contributed by atoms with van der Waals surface area (Å²) in [5.74, 6) is -1.03. The monoisotopic (exact) mass is 259 g/mol. The van der Waals surface area contributed by atoms with E-state index in [2.05, 4.69) is 10.6 Å². The van der Waals surface area contributed by atoms with Gasteiger partial charge in [0.15, 0.2) is 0 Å². The molecule has 3 N–H and O–H groups in total. The molecule has 3 amide bonds. The van der Waals surface area contributed by atoms with Gasteiger partial charge in [0.05, 0.1) is 0 Å². The van der Waals surface area contributed by atoms with Crippen molar-refractivity contribution in [2.75, 3.05) is 27.2 Å². The Morgan fingerprint density at radius 2 is 1.83 bits per heavy atom. The van der Waals surface area contributed by atoms with Crippen LogP contribution in [0.25, 0.3) is 0 Å². The first-order chi connectivity index (χ1) is 8.47. The van der Waals surface area contributed by atoms with Gasteiger partial charge in [-0.3, -0.25) is 9.59 Å². The lowest BCUT2D eigenvalue weighted by Gasteiger charge is -2.16. The Balaban J connectivity index is 3.58. The average Bonchev–Trinajstić information content (AvgIpc) is 2.32. The maximum Gasteiger partial charge on any atom is 0.317 e. The maximum atomic E-state index is 11.5. The van der Waals surface area contributed by atoms with Crippen LogP contribution < -0.4 is 10.6 Å². The summed E-state index contributed by atoms with van der Waals surface area (Å²) in [5.41, 5.74) is 0. The summed E-state index contributed by atoms with van der Waals surface area (Å²) in [6.07, 6.45) is 2.25. The van der Waals surface area contributed by atoms with Gasteiger partial charge in [-0.2, -0.15) is 0 Å². The highest BCUT2D eigenvalue weighted by atomic mass is 16.4. The van der Waals surface area contributed by atoms with Crippen LogP contribution in [0.5, 0.6) is 0 Å². The van der Waals surface area contributed by atoms with Gasteiger partial charge < -0.3 is 20.6 Å². The number of unbranched alkanes of at least 4 members (excludes halogenated alkanes) is 2. The molecular weight excluding hydrogens is 238 g/mol. The first-order valence-corrected chi connectivity index (χ1v) is 5.88. The number of amides is 3. The Morgan fingerprint density at radius 1 is 1.17 bits per heavy atom. The third kappa shape index (κ3) is 8.37. The Labute approximate surface area is 107 Å². The molecule has 0 spiro atoms. The SMILES string of the molecule is CNC(=O)CN(C)C(=O)NCCCCCC(=O)O. The number of carbonyl (C=O) groups is 3. The van der Waals surface area contributed by atoms with Gasteiger partial charge in [0.25, 0.3) is 0 Å². The van der Waals surface area contributed by atoms with Crippen LogP contribution in [0.2, 0.25) is 0 Å². The normalized spacial score (nSPS) is 9.67. The molecular formula is C11H21N3O4. The average molecular weight is 259 g/mol. The lowest BCUT2D eigenvalue weighted by Crippen LogP contribution is -2.42. The molecule has 0 aromatic carbocycles. The number of urea groups is 1. The minimum absolute atomic E-state index is 0.0152. The lowest BCUT2D eigenvalue weighted by molar-refractivity contribution is -0.137. The van der Waals surface area contributed by atoms with E-state index in [-0.39, 0.29) is 24.9 Å². The van der Waals surface area contributed by atoms with E-state index >= 15 is 0 Å². The van der Waals surface area contributed by atoms with Crippen LogP contribution in [-0.2, 0) is 9.59 Å². The zero-order valence-corrected chi connectivity index (χ0v) is 10.9. The molecule has 104 valence electrons. The van der Waals surface area contributed by atoms with Gasteiger partial charge in [0, 0.05) is 27.1 Å². The summed E-state index contributed by atoms with van der Waals surface area (Å²) in [7, 11) is 3.05. The van der Waals surface area contributed by atoms with Crippen molar-refractivity contribution < 1.29 is 19.5 Å². The highest BCUT2D eigenvalue weighted by Gasteiger charge is 2.10. The molecule has 0 radical (unpaired) electrons. The minimum Gasteiger partial charge on any atom is -0.481 e. The van der Waals surface area contributed by atoms with E-state index < -0.39 is 5.97 Å². The second-order valence-corrected chi connectivity index (χ2v) is 3.97. The van der Waals surface area contributed by atoms with Crippen LogP contribution >= 0.6 is 0 Å². The van der Waals surface area contributed by atoms with E-state index in [0.29, 0.717) is 13.0 Å². The van der Waals surface area contributed by atoms with Gasteiger partial charge in [-0.25, -0.2) is 4.79 Å². The van der Waals surface area contributed by atoms with Gasteiger partial charge in [-0.05, 0) is 12.8 Å². The zero-order chi connectivity index (χ0) is 14.0. The molecule has 0 rings (SSSR count). The van der Waals surface area contributed by atoms with Crippen LogP contribution in [0.1, 0.15) is 25.7 Å². The molecule has 0 aliphatic heterocycles. The van der Waals surface area contributed by atoms with Crippen molar-refractivity contribution in [3.8, 4) is 0 Å². The van der Waals surface area contributed by atoms with Gasteiger partial charge >= 0.3 is 12.0 Å². The molecule has 0 saturated heterocycles. The predicted molar refractivity (Wildman–Crippen MR) is 66.2 cm³/mol. The van der Waals surface area contributed by atoms with Gasteiger partial charge in [0.2, 0.25) is 5.91 Å². The van der Waals surface area contributed by atoms with Crippen molar-refractivity contribution in [2.45, 2.75) is 25.7 Å². The van der Waals surface area contributed by atoms with E-state index in [1.165, 1.54) is 19.0 Å². The summed E-state index contributed by atoms with van der Waals surface area (Å²) in [5, 5.41) is 13.5.